The summed E-state index contributed by atoms with van der Waals surface area (Å²) < 4.78 is 13.8. The van der Waals surface area contributed by atoms with Crippen LogP contribution in [0.15, 0.2) is 29.6 Å². The summed E-state index contributed by atoms with van der Waals surface area (Å²) in [7, 11) is 0. The highest BCUT2D eigenvalue weighted by molar-refractivity contribution is 7.09. The zero-order valence-electron chi connectivity index (χ0n) is 11.9. The summed E-state index contributed by atoms with van der Waals surface area (Å²) >= 11 is 1.36. The van der Waals surface area contributed by atoms with Gasteiger partial charge in [-0.2, -0.15) is 0 Å². The Labute approximate surface area is 131 Å². The summed E-state index contributed by atoms with van der Waals surface area (Å²) in [5.41, 5.74) is 0.745. The van der Waals surface area contributed by atoms with Gasteiger partial charge in [0.05, 0.1) is 12.2 Å². The number of thiazole rings is 1. The average Bonchev–Trinajstić information content (AvgIpc) is 2.98. The molecule has 0 atom stereocenters. The Morgan fingerprint density at radius 2 is 2.00 bits per heavy atom. The third kappa shape index (κ3) is 3.26. The third-order valence-electron chi connectivity index (χ3n) is 3.70. The Hall–Kier alpha value is -1.99. The molecule has 1 N–H and O–H groups in total. The number of benzene rings is 1. The Morgan fingerprint density at radius 1 is 1.27 bits per heavy atom. The molecule has 22 heavy (non-hydrogen) atoms. The number of para-hydroxylation sites is 1. The number of nitrogens with zero attached hydrogens (tertiary/aromatic N) is 3. The minimum Gasteiger partial charge on any atom is -0.476 e. The van der Waals surface area contributed by atoms with Crippen LogP contribution in [0.1, 0.15) is 15.5 Å². The lowest BCUT2D eigenvalue weighted by Crippen LogP contribution is -2.46. The van der Waals surface area contributed by atoms with Crippen LogP contribution in [0.2, 0.25) is 0 Å². The quantitative estimate of drug-likeness (QED) is 0.936. The van der Waals surface area contributed by atoms with E-state index in [0.29, 0.717) is 12.2 Å². The number of hydrogen-bond donors (Lipinski definition) is 1. The maximum absolute atomic E-state index is 13.8. The summed E-state index contributed by atoms with van der Waals surface area (Å²) in [6, 6.07) is 6.81. The van der Waals surface area contributed by atoms with Gasteiger partial charge >= 0.3 is 5.97 Å². The van der Waals surface area contributed by atoms with E-state index >= 15 is 0 Å². The molecule has 2 aromatic rings. The molecule has 0 bridgehead atoms. The highest BCUT2D eigenvalue weighted by Crippen LogP contribution is 2.21. The number of carboxylic acids is 1. The molecular weight excluding hydrogens is 305 g/mol. The molecule has 1 fully saturated rings. The van der Waals surface area contributed by atoms with Gasteiger partial charge in [0.1, 0.15) is 10.8 Å². The molecule has 1 saturated heterocycles. The van der Waals surface area contributed by atoms with E-state index in [1.54, 1.807) is 17.5 Å². The zero-order chi connectivity index (χ0) is 15.5. The molecule has 0 radical (unpaired) electrons. The summed E-state index contributed by atoms with van der Waals surface area (Å²) in [6.07, 6.45) is 0. The number of piperazine rings is 1. The fourth-order valence-electron chi connectivity index (χ4n) is 2.53. The SMILES string of the molecule is O=C(O)c1csc(CN2CCN(c3ccccc3F)CC2)n1. The van der Waals surface area contributed by atoms with Crippen LogP contribution in [0.25, 0.3) is 0 Å². The van der Waals surface area contributed by atoms with Crippen molar-refractivity contribution in [2.45, 2.75) is 6.54 Å². The van der Waals surface area contributed by atoms with Crippen LogP contribution in [-0.2, 0) is 6.54 Å². The Kier molecular flexibility index (Phi) is 4.35. The monoisotopic (exact) mass is 321 g/mol. The van der Waals surface area contributed by atoms with Crippen LogP contribution in [-0.4, -0.2) is 47.1 Å². The number of halogens is 1. The molecule has 1 aromatic carbocycles. The van der Waals surface area contributed by atoms with Crippen molar-refractivity contribution >= 4 is 23.0 Å². The minimum absolute atomic E-state index is 0.102. The first kappa shape index (κ1) is 14.9. The maximum Gasteiger partial charge on any atom is 0.355 e. The number of rotatable bonds is 4. The van der Waals surface area contributed by atoms with Gasteiger partial charge in [-0.25, -0.2) is 14.2 Å². The van der Waals surface area contributed by atoms with Gasteiger partial charge in [0, 0.05) is 31.6 Å². The fourth-order valence-corrected chi connectivity index (χ4v) is 3.34. The molecule has 0 spiro atoms. The van der Waals surface area contributed by atoms with Gasteiger partial charge < -0.3 is 10.0 Å². The van der Waals surface area contributed by atoms with Crippen molar-refractivity contribution in [1.82, 2.24) is 9.88 Å². The maximum atomic E-state index is 13.8. The molecule has 0 aliphatic carbocycles. The first-order valence-corrected chi connectivity index (χ1v) is 7.91. The van der Waals surface area contributed by atoms with Gasteiger partial charge in [-0.05, 0) is 12.1 Å². The summed E-state index contributed by atoms with van der Waals surface area (Å²) in [5.74, 6) is -1.19. The van der Waals surface area contributed by atoms with Crippen LogP contribution in [0.3, 0.4) is 0 Å². The fraction of sp³-hybridized carbons (Fsp3) is 0.333. The van der Waals surface area contributed by atoms with Crippen molar-refractivity contribution in [3.8, 4) is 0 Å². The van der Waals surface area contributed by atoms with E-state index in [1.165, 1.54) is 17.4 Å². The molecule has 3 rings (SSSR count). The molecule has 0 unspecified atom stereocenters. The number of aromatic nitrogens is 1. The van der Waals surface area contributed by atoms with Crippen molar-refractivity contribution in [1.29, 1.82) is 0 Å². The van der Waals surface area contributed by atoms with E-state index < -0.39 is 5.97 Å². The molecule has 0 saturated carbocycles. The summed E-state index contributed by atoms with van der Waals surface area (Å²) in [4.78, 5) is 19.2. The first-order valence-electron chi connectivity index (χ1n) is 7.03. The Morgan fingerprint density at radius 3 is 2.64 bits per heavy atom. The molecule has 5 nitrogen and oxygen atoms in total. The average molecular weight is 321 g/mol. The zero-order valence-corrected chi connectivity index (χ0v) is 12.7. The Balaban J connectivity index is 1.57. The predicted octanol–water partition coefficient (Wildman–Crippen LogP) is 2.30. The van der Waals surface area contributed by atoms with Crippen LogP contribution < -0.4 is 4.90 Å². The molecule has 1 aromatic heterocycles. The largest absolute Gasteiger partial charge is 0.476 e. The second-order valence-corrected chi connectivity index (χ2v) is 6.09. The smallest absolute Gasteiger partial charge is 0.355 e. The van der Waals surface area contributed by atoms with Crippen molar-refractivity contribution in [3.63, 3.8) is 0 Å². The molecule has 116 valence electrons. The molecular formula is C15H16FN3O2S. The van der Waals surface area contributed by atoms with Crippen LogP contribution in [0.4, 0.5) is 10.1 Å². The van der Waals surface area contributed by atoms with E-state index in [-0.39, 0.29) is 11.5 Å². The lowest BCUT2D eigenvalue weighted by molar-refractivity contribution is 0.0691. The van der Waals surface area contributed by atoms with Gasteiger partial charge in [-0.3, -0.25) is 4.90 Å². The van der Waals surface area contributed by atoms with E-state index in [0.717, 1.165) is 31.2 Å². The van der Waals surface area contributed by atoms with Gasteiger partial charge in [0.25, 0.3) is 0 Å². The molecule has 7 heteroatoms. The standard InChI is InChI=1S/C15H16FN3O2S/c16-11-3-1-2-4-13(11)19-7-5-18(6-8-19)9-14-17-12(10-22-14)15(20)21/h1-4,10H,5-9H2,(H,20,21). The lowest BCUT2D eigenvalue weighted by Gasteiger charge is -2.35. The van der Waals surface area contributed by atoms with E-state index in [2.05, 4.69) is 9.88 Å². The first-order chi connectivity index (χ1) is 10.6. The number of anilines is 1. The number of hydrogen-bond acceptors (Lipinski definition) is 5. The van der Waals surface area contributed by atoms with Crippen molar-refractivity contribution in [3.05, 3.63) is 46.2 Å². The normalized spacial score (nSPS) is 16.0. The minimum atomic E-state index is -0.994. The number of carboxylic acid groups (broad SMARTS) is 1. The Bertz CT molecular complexity index is 668. The van der Waals surface area contributed by atoms with Crippen LogP contribution in [0.5, 0.6) is 0 Å². The van der Waals surface area contributed by atoms with Gasteiger partial charge in [-0.1, -0.05) is 12.1 Å². The van der Waals surface area contributed by atoms with Gasteiger partial charge in [0.15, 0.2) is 5.69 Å². The second-order valence-electron chi connectivity index (χ2n) is 5.15. The highest BCUT2D eigenvalue weighted by Gasteiger charge is 2.20. The lowest BCUT2D eigenvalue weighted by atomic mass is 10.2. The van der Waals surface area contributed by atoms with Crippen molar-refractivity contribution in [2.75, 3.05) is 31.1 Å². The van der Waals surface area contributed by atoms with Crippen LogP contribution >= 0.6 is 11.3 Å². The van der Waals surface area contributed by atoms with E-state index in [4.69, 9.17) is 5.11 Å². The summed E-state index contributed by atoms with van der Waals surface area (Å²) in [5, 5.41) is 11.2. The highest BCUT2D eigenvalue weighted by atomic mass is 32.1. The second kappa shape index (κ2) is 6.41. The number of aromatic carboxylic acids is 1. The van der Waals surface area contributed by atoms with Crippen molar-refractivity contribution in [2.24, 2.45) is 0 Å². The predicted molar refractivity (Wildman–Crippen MR) is 83.0 cm³/mol. The van der Waals surface area contributed by atoms with E-state index in [9.17, 15) is 9.18 Å². The van der Waals surface area contributed by atoms with Gasteiger partial charge in [-0.15, -0.1) is 11.3 Å². The summed E-state index contributed by atoms with van der Waals surface area (Å²) in [6.45, 7) is 3.74. The molecule has 2 heterocycles. The van der Waals surface area contributed by atoms with E-state index in [1.807, 2.05) is 11.0 Å². The van der Waals surface area contributed by atoms with Crippen LogP contribution in [0, 0.1) is 5.82 Å². The van der Waals surface area contributed by atoms with Gasteiger partial charge in [0.2, 0.25) is 0 Å². The molecule has 1 aliphatic heterocycles. The molecule has 1 aliphatic rings. The third-order valence-corrected chi connectivity index (χ3v) is 4.53. The van der Waals surface area contributed by atoms with Crippen molar-refractivity contribution < 1.29 is 14.3 Å². The topological polar surface area (TPSA) is 56.7 Å². The number of carbonyl (C=O) groups is 1. The molecule has 0 amide bonds.